The van der Waals surface area contributed by atoms with Crippen LogP contribution >= 0.6 is 23.1 Å². The largest absolute Gasteiger partial charge is 0.325 e. The fourth-order valence-corrected chi connectivity index (χ4v) is 5.51. The van der Waals surface area contributed by atoms with E-state index in [0.717, 1.165) is 35.0 Å². The number of thiophene rings is 1. The van der Waals surface area contributed by atoms with Crippen molar-refractivity contribution in [2.45, 2.75) is 36.6 Å². The molecule has 1 atom stereocenters. The first kappa shape index (κ1) is 18.7. The Morgan fingerprint density at radius 3 is 3.04 bits per heavy atom. The molecule has 0 aliphatic heterocycles. The first-order chi connectivity index (χ1) is 13.5. The summed E-state index contributed by atoms with van der Waals surface area (Å²) < 4.78 is 1.54. The van der Waals surface area contributed by atoms with Gasteiger partial charge in [0.25, 0.3) is 5.56 Å². The van der Waals surface area contributed by atoms with E-state index < -0.39 is 5.25 Å². The van der Waals surface area contributed by atoms with Gasteiger partial charge in [0.05, 0.1) is 22.3 Å². The lowest BCUT2D eigenvalue weighted by Gasteiger charge is -2.13. The van der Waals surface area contributed by atoms with Crippen molar-refractivity contribution >= 4 is 44.9 Å². The molecule has 0 saturated carbocycles. The Hall–Kier alpha value is -2.63. The summed E-state index contributed by atoms with van der Waals surface area (Å²) in [7, 11) is 1.71. The fourth-order valence-electron chi connectivity index (χ4n) is 3.33. The highest BCUT2D eigenvalue weighted by Crippen LogP contribution is 2.35. The van der Waals surface area contributed by atoms with E-state index in [1.807, 2.05) is 0 Å². The van der Waals surface area contributed by atoms with Gasteiger partial charge in [-0.1, -0.05) is 17.8 Å². The van der Waals surface area contributed by atoms with Crippen molar-refractivity contribution in [1.29, 1.82) is 5.26 Å². The van der Waals surface area contributed by atoms with Gasteiger partial charge in [-0.25, -0.2) is 4.98 Å². The van der Waals surface area contributed by atoms with Crippen LogP contribution in [0.1, 0.15) is 29.3 Å². The molecule has 0 radical (unpaired) electrons. The van der Waals surface area contributed by atoms with Crippen LogP contribution in [0.3, 0.4) is 0 Å². The van der Waals surface area contributed by atoms with E-state index in [1.165, 1.54) is 16.6 Å². The average Bonchev–Trinajstić information content (AvgIpc) is 3.26. The molecular weight excluding hydrogens is 392 g/mol. The lowest BCUT2D eigenvalue weighted by molar-refractivity contribution is -0.115. The molecule has 8 heteroatoms. The Bertz CT molecular complexity index is 1190. The predicted octanol–water partition coefficient (Wildman–Crippen LogP) is 3.47. The molecule has 1 aliphatic rings. The molecule has 0 spiro atoms. The van der Waals surface area contributed by atoms with Gasteiger partial charge in [-0.05, 0) is 49.9 Å². The second-order valence-corrected chi connectivity index (χ2v) is 9.13. The van der Waals surface area contributed by atoms with Crippen molar-refractivity contribution in [3.05, 3.63) is 50.6 Å². The minimum atomic E-state index is -0.451. The van der Waals surface area contributed by atoms with E-state index >= 15 is 0 Å². The number of benzene rings is 1. The van der Waals surface area contributed by atoms with E-state index in [-0.39, 0.29) is 11.5 Å². The van der Waals surface area contributed by atoms with Gasteiger partial charge in [0.15, 0.2) is 5.16 Å². The molecule has 0 bridgehead atoms. The number of rotatable bonds is 4. The monoisotopic (exact) mass is 410 g/mol. The molecule has 1 amide bonds. The second kappa shape index (κ2) is 7.41. The zero-order chi connectivity index (χ0) is 19.8. The number of hydrogen-bond donors (Lipinski definition) is 1. The summed E-state index contributed by atoms with van der Waals surface area (Å²) >= 11 is 2.86. The Kier molecular flexibility index (Phi) is 4.96. The normalized spacial score (nSPS) is 13.9. The third-order valence-corrected chi connectivity index (χ3v) is 7.15. The van der Waals surface area contributed by atoms with Crippen molar-refractivity contribution in [3.63, 3.8) is 0 Å². The number of nitrogens with one attached hydrogen (secondary N) is 1. The molecule has 2 aromatic heterocycles. The van der Waals surface area contributed by atoms with Gasteiger partial charge in [-0.3, -0.25) is 14.2 Å². The minimum Gasteiger partial charge on any atom is -0.325 e. The van der Waals surface area contributed by atoms with Crippen molar-refractivity contribution in [2.24, 2.45) is 7.05 Å². The van der Waals surface area contributed by atoms with Gasteiger partial charge in [0, 0.05) is 17.6 Å². The van der Waals surface area contributed by atoms with Crippen molar-refractivity contribution in [1.82, 2.24) is 9.55 Å². The fraction of sp³-hybridized carbons (Fsp3) is 0.300. The number of anilines is 1. The van der Waals surface area contributed by atoms with Crippen LogP contribution in [0.2, 0.25) is 0 Å². The summed E-state index contributed by atoms with van der Waals surface area (Å²) in [5, 5.41) is 12.6. The number of hydrogen-bond acceptors (Lipinski definition) is 6. The number of carbonyl (C=O) groups is 1. The number of nitrogens with zero attached hydrogens (tertiary/aromatic N) is 3. The summed E-state index contributed by atoms with van der Waals surface area (Å²) in [6.07, 6.45) is 3.06. The first-order valence-electron chi connectivity index (χ1n) is 8.97. The van der Waals surface area contributed by atoms with E-state index in [9.17, 15) is 9.59 Å². The first-order valence-corrected chi connectivity index (χ1v) is 10.7. The molecule has 142 valence electrons. The van der Waals surface area contributed by atoms with Crippen LogP contribution in [0, 0.1) is 11.3 Å². The highest BCUT2D eigenvalue weighted by atomic mass is 32.2. The average molecular weight is 411 g/mol. The summed E-state index contributed by atoms with van der Waals surface area (Å²) in [4.78, 5) is 32.1. The molecule has 0 fully saturated rings. The summed E-state index contributed by atoms with van der Waals surface area (Å²) in [6.45, 7) is 1.78. The van der Waals surface area contributed by atoms with Crippen molar-refractivity contribution in [2.75, 3.05) is 5.32 Å². The van der Waals surface area contributed by atoms with Gasteiger partial charge < -0.3 is 5.32 Å². The SMILES string of the molecule is CC(Sc1nc2sc3c(c2c(=O)n1C)CCC3)C(=O)Nc1cccc(C#N)c1. The summed E-state index contributed by atoms with van der Waals surface area (Å²) in [5.74, 6) is -0.205. The lowest BCUT2D eigenvalue weighted by atomic mass is 10.2. The Morgan fingerprint density at radius 1 is 1.43 bits per heavy atom. The number of aryl methyl sites for hydroxylation is 2. The van der Waals surface area contributed by atoms with Gasteiger partial charge in [-0.2, -0.15) is 5.26 Å². The van der Waals surface area contributed by atoms with Crippen molar-refractivity contribution in [3.8, 4) is 6.07 Å². The molecule has 1 unspecified atom stereocenters. The number of nitriles is 1. The van der Waals surface area contributed by atoms with Crippen LogP contribution < -0.4 is 10.9 Å². The molecule has 2 heterocycles. The maximum Gasteiger partial charge on any atom is 0.262 e. The molecule has 1 aliphatic carbocycles. The van der Waals surface area contributed by atoms with Crippen LogP contribution in [-0.4, -0.2) is 20.7 Å². The van der Waals surface area contributed by atoms with Gasteiger partial charge in [0.2, 0.25) is 5.91 Å². The van der Waals surface area contributed by atoms with Crippen LogP contribution in [-0.2, 0) is 24.7 Å². The third kappa shape index (κ3) is 3.32. The number of carbonyl (C=O) groups excluding carboxylic acids is 1. The Labute approximate surface area is 170 Å². The maximum absolute atomic E-state index is 12.9. The highest BCUT2D eigenvalue weighted by Gasteiger charge is 2.24. The zero-order valence-electron chi connectivity index (χ0n) is 15.5. The topological polar surface area (TPSA) is 87.8 Å². The van der Waals surface area contributed by atoms with Crippen LogP contribution in [0.25, 0.3) is 10.2 Å². The Morgan fingerprint density at radius 2 is 2.25 bits per heavy atom. The lowest BCUT2D eigenvalue weighted by Crippen LogP contribution is -2.25. The molecule has 1 aromatic carbocycles. The van der Waals surface area contributed by atoms with Crippen LogP contribution in [0.15, 0.2) is 34.2 Å². The number of thioether (sulfide) groups is 1. The van der Waals surface area contributed by atoms with Gasteiger partial charge >= 0.3 is 0 Å². The van der Waals surface area contributed by atoms with E-state index in [2.05, 4.69) is 16.4 Å². The number of amides is 1. The smallest absolute Gasteiger partial charge is 0.262 e. The second-order valence-electron chi connectivity index (χ2n) is 6.74. The number of aromatic nitrogens is 2. The van der Waals surface area contributed by atoms with Crippen molar-refractivity contribution < 1.29 is 4.79 Å². The summed E-state index contributed by atoms with van der Waals surface area (Å²) in [6, 6.07) is 8.83. The zero-order valence-corrected chi connectivity index (χ0v) is 17.1. The third-order valence-electron chi connectivity index (χ3n) is 4.82. The standard InChI is InChI=1S/C20H18N4O2S2/c1-11(17(25)22-13-6-3-5-12(9-13)10-21)27-20-23-18-16(19(26)24(20)2)14-7-4-8-15(14)28-18/h3,5-6,9,11H,4,7-8H2,1-2H3,(H,22,25). The molecule has 4 rings (SSSR count). The molecule has 28 heavy (non-hydrogen) atoms. The van der Waals surface area contributed by atoms with Gasteiger partial charge in [-0.15, -0.1) is 11.3 Å². The minimum absolute atomic E-state index is 0.0405. The maximum atomic E-state index is 12.9. The van der Waals surface area contributed by atoms with Crippen LogP contribution in [0.4, 0.5) is 5.69 Å². The van der Waals surface area contributed by atoms with Gasteiger partial charge in [0.1, 0.15) is 4.83 Å². The van der Waals surface area contributed by atoms with E-state index in [0.29, 0.717) is 16.4 Å². The molecule has 3 aromatic rings. The quantitative estimate of drug-likeness (QED) is 0.526. The number of fused-ring (bicyclic) bond motifs is 3. The highest BCUT2D eigenvalue weighted by molar-refractivity contribution is 8.00. The molecule has 0 saturated heterocycles. The predicted molar refractivity (Wildman–Crippen MR) is 112 cm³/mol. The summed E-state index contributed by atoms with van der Waals surface area (Å²) in [5.41, 5.74) is 2.18. The molecule has 1 N–H and O–H groups in total. The molecular formula is C20H18N4O2S2. The molecule has 6 nitrogen and oxygen atoms in total. The Balaban J connectivity index is 1.57. The van der Waals surface area contributed by atoms with E-state index in [1.54, 1.807) is 54.1 Å². The van der Waals surface area contributed by atoms with Crippen LogP contribution in [0.5, 0.6) is 0 Å². The van der Waals surface area contributed by atoms with E-state index in [4.69, 9.17) is 5.26 Å².